The van der Waals surface area contributed by atoms with E-state index in [2.05, 4.69) is 39.2 Å². The topological polar surface area (TPSA) is 45.5 Å². The molecule has 3 heterocycles. The smallest absolute Gasteiger partial charge is 0.0603 e. The lowest BCUT2D eigenvalue weighted by molar-refractivity contribution is 0.343. The van der Waals surface area contributed by atoms with E-state index in [1.165, 1.54) is 0 Å². The van der Waals surface area contributed by atoms with Gasteiger partial charge in [0.25, 0.3) is 0 Å². The molecule has 1 saturated heterocycles. The fraction of sp³-hybridized carbons (Fsp3) is 0.375. The van der Waals surface area contributed by atoms with E-state index in [-0.39, 0.29) is 0 Å². The van der Waals surface area contributed by atoms with E-state index in [0.717, 1.165) is 42.8 Å². The van der Waals surface area contributed by atoms with E-state index in [4.69, 9.17) is 0 Å². The molecule has 1 N–H and O–H groups in total. The molecule has 5 nitrogen and oxygen atoms in total. The fourth-order valence-electron chi connectivity index (χ4n) is 2.78. The van der Waals surface area contributed by atoms with Crippen molar-refractivity contribution in [3.8, 4) is 0 Å². The molecule has 1 fully saturated rings. The van der Waals surface area contributed by atoms with Gasteiger partial charge in [0, 0.05) is 30.3 Å². The molecule has 21 heavy (non-hydrogen) atoms. The van der Waals surface area contributed by atoms with Gasteiger partial charge in [0.05, 0.1) is 17.9 Å². The standard InChI is InChI=1S/C16H21N5/c1-3-15-5-4-13(11-20(15)17-2)14-10-19-21(12-14)16-6-8-18-9-7-16/h3-5,10-12,16,18H,2,6-9H2,1H3/b15-3-. The summed E-state index contributed by atoms with van der Waals surface area (Å²) in [5.41, 5.74) is 3.25. The largest absolute Gasteiger partial charge is 0.317 e. The minimum atomic E-state index is 0.507. The first-order valence-electron chi connectivity index (χ1n) is 7.39. The van der Waals surface area contributed by atoms with E-state index >= 15 is 0 Å². The summed E-state index contributed by atoms with van der Waals surface area (Å²) in [6.07, 6.45) is 14.5. The first-order valence-corrected chi connectivity index (χ1v) is 7.39. The van der Waals surface area contributed by atoms with E-state index in [1.54, 1.807) is 5.01 Å². The van der Waals surface area contributed by atoms with E-state index in [9.17, 15) is 0 Å². The second-order valence-electron chi connectivity index (χ2n) is 5.31. The molecule has 1 aromatic rings. The molecule has 0 bridgehead atoms. The van der Waals surface area contributed by atoms with Crippen LogP contribution >= 0.6 is 0 Å². The van der Waals surface area contributed by atoms with Crippen molar-refractivity contribution in [3.05, 3.63) is 48.1 Å². The molecule has 2 aliphatic heterocycles. The van der Waals surface area contributed by atoms with E-state index in [0.29, 0.717) is 6.04 Å². The lowest BCUT2D eigenvalue weighted by Gasteiger charge is -2.23. The molecular formula is C16H21N5. The van der Waals surface area contributed by atoms with Gasteiger partial charge in [-0.2, -0.15) is 10.2 Å². The van der Waals surface area contributed by atoms with Crippen molar-refractivity contribution < 1.29 is 0 Å². The minimum Gasteiger partial charge on any atom is -0.317 e. The Hall–Kier alpha value is -2.14. The molecule has 3 rings (SSSR count). The molecule has 0 amide bonds. The summed E-state index contributed by atoms with van der Waals surface area (Å²) in [6, 6.07) is 0.507. The predicted octanol–water partition coefficient (Wildman–Crippen LogP) is 2.54. The number of hydrazone groups is 1. The molecule has 0 atom stereocenters. The van der Waals surface area contributed by atoms with Crippen molar-refractivity contribution in [1.29, 1.82) is 0 Å². The number of nitrogens with one attached hydrogen (secondary N) is 1. The van der Waals surface area contributed by atoms with Crippen LogP contribution in [0.4, 0.5) is 0 Å². The number of hydrogen-bond acceptors (Lipinski definition) is 4. The van der Waals surface area contributed by atoms with Crippen LogP contribution in [0.25, 0.3) is 5.57 Å². The third-order valence-corrected chi connectivity index (χ3v) is 4.03. The Morgan fingerprint density at radius 3 is 2.90 bits per heavy atom. The predicted molar refractivity (Wildman–Crippen MR) is 85.6 cm³/mol. The SMILES string of the molecule is C=NN1C=C(c2cnn(C3CCNCC3)c2)C=C/C1=C/C. The Balaban J connectivity index is 1.81. The van der Waals surface area contributed by atoms with Crippen LogP contribution in [0.1, 0.15) is 31.4 Å². The average molecular weight is 283 g/mol. The van der Waals surface area contributed by atoms with Crippen LogP contribution < -0.4 is 5.32 Å². The number of piperidine rings is 1. The van der Waals surface area contributed by atoms with Crippen molar-refractivity contribution >= 4 is 12.3 Å². The van der Waals surface area contributed by atoms with Gasteiger partial charge >= 0.3 is 0 Å². The van der Waals surface area contributed by atoms with Gasteiger partial charge in [-0.1, -0.05) is 12.2 Å². The molecule has 0 spiro atoms. The zero-order valence-electron chi connectivity index (χ0n) is 12.4. The van der Waals surface area contributed by atoms with Gasteiger partial charge in [-0.15, -0.1) is 0 Å². The Morgan fingerprint density at radius 1 is 1.38 bits per heavy atom. The summed E-state index contributed by atoms with van der Waals surface area (Å²) in [4.78, 5) is 0. The summed E-state index contributed by atoms with van der Waals surface area (Å²) in [6.45, 7) is 7.75. The van der Waals surface area contributed by atoms with Gasteiger partial charge in [-0.3, -0.25) is 4.68 Å². The third kappa shape index (κ3) is 2.83. The number of hydrogen-bond donors (Lipinski definition) is 1. The molecule has 0 aromatic carbocycles. The van der Waals surface area contributed by atoms with Crippen LogP contribution in [-0.4, -0.2) is 34.6 Å². The molecule has 5 heteroatoms. The van der Waals surface area contributed by atoms with Crippen molar-refractivity contribution in [2.24, 2.45) is 5.10 Å². The van der Waals surface area contributed by atoms with Crippen molar-refractivity contribution in [3.63, 3.8) is 0 Å². The Morgan fingerprint density at radius 2 is 2.19 bits per heavy atom. The van der Waals surface area contributed by atoms with Gasteiger partial charge in [0.15, 0.2) is 0 Å². The molecular weight excluding hydrogens is 262 g/mol. The Labute approximate surface area is 125 Å². The maximum absolute atomic E-state index is 4.54. The van der Waals surface area contributed by atoms with Crippen LogP contribution in [0.3, 0.4) is 0 Å². The molecule has 1 aromatic heterocycles. The molecule has 2 aliphatic rings. The van der Waals surface area contributed by atoms with Crippen LogP contribution in [0.5, 0.6) is 0 Å². The second-order valence-corrected chi connectivity index (χ2v) is 5.31. The van der Waals surface area contributed by atoms with Gasteiger partial charge in [-0.25, -0.2) is 5.01 Å². The van der Waals surface area contributed by atoms with Gasteiger partial charge in [0.2, 0.25) is 0 Å². The third-order valence-electron chi connectivity index (χ3n) is 4.03. The Kier molecular flexibility index (Phi) is 4.01. The maximum Gasteiger partial charge on any atom is 0.0603 e. The quantitative estimate of drug-likeness (QED) is 0.867. The van der Waals surface area contributed by atoms with Crippen molar-refractivity contribution in [2.75, 3.05) is 13.1 Å². The van der Waals surface area contributed by atoms with Crippen LogP contribution in [0.2, 0.25) is 0 Å². The highest BCUT2D eigenvalue weighted by molar-refractivity contribution is 5.75. The molecule has 0 saturated carbocycles. The fourth-order valence-corrected chi connectivity index (χ4v) is 2.78. The molecule has 0 unspecified atom stereocenters. The number of aromatic nitrogens is 2. The highest BCUT2D eigenvalue weighted by Gasteiger charge is 2.17. The normalized spacial score (nSPS) is 21.7. The van der Waals surface area contributed by atoms with Crippen molar-refractivity contribution in [1.82, 2.24) is 20.1 Å². The molecule has 0 radical (unpaired) electrons. The monoisotopic (exact) mass is 283 g/mol. The van der Waals surface area contributed by atoms with Crippen LogP contribution in [0.15, 0.2) is 47.6 Å². The second kappa shape index (κ2) is 6.10. The maximum atomic E-state index is 4.54. The zero-order chi connectivity index (χ0) is 14.7. The van der Waals surface area contributed by atoms with Crippen LogP contribution in [-0.2, 0) is 0 Å². The van der Waals surface area contributed by atoms with E-state index in [1.807, 2.05) is 31.5 Å². The van der Waals surface area contributed by atoms with Crippen molar-refractivity contribution in [2.45, 2.75) is 25.8 Å². The first-order chi connectivity index (χ1) is 10.3. The van der Waals surface area contributed by atoms with Crippen LogP contribution in [0, 0.1) is 0 Å². The minimum absolute atomic E-state index is 0.507. The highest BCUT2D eigenvalue weighted by atomic mass is 15.4. The summed E-state index contributed by atoms with van der Waals surface area (Å²) >= 11 is 0. The summed E-state index contributed by atoms with van der Waals surface area (Å²) in [7, 11) is 0. The lowest BCUT2D eigenvalue weighted by atomic mass is 10.1. The summed E-state index contributed by atoms with van der Waals surface area (Å²) in [5, 5.41) is 13.7. The summed E-state index contributed by atoms with van der Waals surface area (Å²) < 4.78 is 2.10. The first kappa shape index (κ1) is 13.8. The average Bonchev–Trinajstić information content (AvgIpc) is 3.05. The number of nitrogens with zero attached hydrogens (tertiary/aromatic N) is 4. The van der Waals surface area contributed by atoms with Gasteiger partial charge in [-0.05, 0) is 38.9 Å². The number of rotatable bonds is 3. The molecule has 0 aliphatic carbocycles. The summed E-state index contributed by atoms with van der Waals surface area (Å²) in [5.74, 6) is 0. The van der Waals surface area contributed by atoms with Gasteiger partial charge < -0.3 is 5.32 Å². The van der Waals surface area contributed by atoms with Gasteiger partial charge in [0.1, 0.15) is 0 Å². The Bertz CT molecular complexity index is 602. The lowest BCUT2D eigenvalue weighted by Crippen LogP contribution is -2.29. The highest BCUT2D eigenvalue weighted by Crippen LogP contribution is 2.26. The number of allylic oxidation sites excluding steroid dienone is 4. The zero-order valence-corrected chi connectivity index (χ0v) is 12.4. The van der Waals surface area contributed by atoms with E-state index < -0.39 is 0 Å². The molecule has 110 valence electrons.